The van der Waals surface area contributed by atoms with Crippen LogP contribution in [0.15, 0.2) is 24.3 Å². The van der Waals surface area contributed by atoms with Crippen molar-refractivity contribution < 1.29 is 22.7 Å². The number of nitrogens with one attached hydrogen (secondary N) is 1. The van der Waals surface area contributed by atoms with Gasteiger partial charge in [-0.15, -0.1) is 0 Å². The lowest BCUT2D eigenvalue weighted by Gasteiger charge is -2.31. The van der Waals surface area contributed by atoms with E-state index in [1.54, 1.807) is 19.1 Å². The molecule has 1 amide bonds. The summed E-state index contributed by atoms with van der Waals surface area (Å²) >= 11 is 0. The number of hydrogen-bond acceptors (Lipinski definition) is 5. The van der Waals surface area contributed by atoms with E-state index in [4.69, 9.17) is 9.47 Å². The highest BCUT2D eigenvalue weighted by molar-refractivity contribution is 7.88. The first-order valence-corrected chi connectivity index (χ1v) is 9.25. The van der Waals surface area contributed by atoms with Gasteiger partial charge in [-0.2, -0.15) is 0 Å². The molecule has 1 aliphatic heterocycles. The van der Waals surface area contributed by atoms with Gasteiger partial charge in [0, 0.05) is 20.1 Å². The van der Waals surface area contributed by atoms with Gasteiger partial charge in [0.25, 0.3) is 5.91 Å². The van der Waals surface area contributed by atoms with Gasteiger partial charge in [-0.1, -0.05) is 12.1 Å². The number of carbonyl (C=O) groups is 1. The van der Waals surface area contributed by atoms with E-state index in [1.807, 2.05) is 12.1 Å². The molecule has 0 spiro atoms. The third-order valence-corrected chi connectivity index (χ3v) is 4.93. The highest BCUT2D eigenvalue weighted by Crippen LogP contribution is 2.33. The fourth-order valence-corrected chi connectivity index (χ4v) is 2.65. The molecule has 1 aromatic carbocycles. The number of para-hydroxylation sites is 2. The standard InChI is InChI=1S/C15H22N2O5S/c1-11-14(22-13-8-5-4-7-12(13)21-11)15(18)16-9-6-10-17(2)23(3,19)20/h4-5,7-8,11,14H,6,9-10H2,1-3H3,(H,16,18)/t11-,14-/m0/s1. The van der Waals surface area contributed by atoms with Gasteiger partial charge in [0.05, 0.1) is 6.26 Å². The fourth-order valence-electron chi connectivity index (χ4n) is 2.19. The van der Waals surface area contributed by atoms with Crippen molar-refractivity contribution in [2.45, 2.75) is 25.6 Å². The van der Waals surface area contributed by atoms with Crippen molar-refractivity contribution in [3.05, 3.63) is 24.3 Å². The van der Waals surface area contributed by atoms with Crippen LogP contribution in [0.4, 0.5) is 0 Å². The van der Waals surface area contributed by atoms with Gasteiger partial charge in [0.1, 0.15) is 6.10 Å². The second kappa shape index (κ2) is 7.18. The third-order valence-electron chi connectivity index (χ3n) is 3.62. The van der Waals surface area contributed by atoms with Crippen LogP contribution in [0.25, 0.3) is 0 Å². The SMILES string of the molecule is C[C@@H]1Oc2ccccc2O[C@@H]1C(=O)NCCCN(C)S(C)(=O)=O. The van der Waals surface area contributed by atoms with E-state index in [9.17, 15) is 13.2 Å². The maximum absolute atomic E-state index is 12.2. The number of benzene rings is 1. The molecule has 0 fully saturated rings. The summed E-state index contributed by atoms with van der Waals surface area (Å²) in [6.45, 7) is 2.49. The Kier molecular flexibility index (Phi) is 5.48. The molecule has 1 aliphatic rings. The van der Waals surface area contributed by atoms with Crippen LogP contribution >= 0.6 is 0 Å². The summed E-state index contributed by atoms with van der Waals surface area (Å²) < 4.78 is 35.2. The molecule has 0 saturated heterocycles. The summed E-state index contributed by atoms with van der Waals surface area (Å²) in [5.41, 5.74) is 0. The van der Waals surface area contributed by atoms with Gasteiger partial charge < -0.3 is 14.8 Å². The Morgan fingerprint density at radius 2 is 1.87 bits per heavy atom. The number of sulfonamides is 1. The van der Waals surface area contributed by atoms with Gasteiger partial charge in [-0.3, -0.25) is 4.79 Å². The number of nitrogens with zero attached hydrogens (tertiary/aromatic N) is 1. The van der Waals surface area contributed by atoms with Crippen molar-refractivity contribution in [3.8, 4) is 11.5 Å². The predicted molar refractivity (Wildman–Crippen MR) is 86.0 cm³/mol. The first-order chi connectivity index (χ1) is 10.8. The van der Waals surface area contributed by atoms with E-state index in [0.29, 0.717) is 31.0 Å². The van der Waals surface area contributed by atoms with Gasteiger partial charge in [-0.25, -0.2) is 12.7 Å². The first kappa shape index (κ1) is 17.6. The zero-order valence-corrected chi connectivity index (χ0v) is 14.3. The molecule has 7 nitrogen and oxygen atoms in total. The van der Waals surface area contributed by atoms with Crippen LogP contribution < -0.4 is 14.8 Å². The summed E-state index contributed by atoms with van der Waals surface area (Å²) in [5.74, 6) is 0.899. The topological polar surface area (TPSA) is 84.9 Å². The van der Waals surface area contributed by atoms with Crippen molar-refractivity contribution in [2.75, 3.05) is 26.4 Å². The van der Waals surface area contributed by atoms with Crippen LogP contribution in [0.3, 0.4) is 0 Å². The minimum Gasteiger partial charge on any atom is -0.482 e. The number of amides is 1. The number of hydrogen-bond donors (Lipinski definition) is 1. The summed E-state index contributed by atoms with van der Waals surface area (Å²) in [6.07, 6.45) is 0.548. The van der Waals surface area contributed by atoms with Crippen molar-refractivity contribution in [3.63, 3.8) is 0 Å². The Labute approximate surface area is 136 Å². The fraction of sp³-hybridized carbons (Fsp3) is 0.533. The Morgan fingerprint density at radius 3 is 2.48 bits per heavy atom. The first-order valence-electron chi connectivity index (χ1n) is 7.40. The van der Waals surface area contributed by atoms with E-state index in [1.165, 1.54) is 11.4 Å². The van der Waals surface area contributed by atoms with Crippen LogP contribution in [-0.2, 0) is 14.8 Å². The van der Waals surface area contributed by atoms with E-state index >= 15 is 0 Å². The Morgan fingerprint density at radius 1 is 1.26 bits per heavy atom. The van der Waals surface area contributed by atoms with Crippen molar-refractivity contribution in [2.24, 2.45) is 0 Å². The summed E-state index contributed by atoms with van der Waals surface area (Å²) in [4.78, 5) is 12.2. The zero-order valence-electron chi connectivity index (χ0n) is 13.5. The average molecular weight is 342 g/mol. The maximum atomic E-state index is 12.2. The minimum atomic E-state index is -3.19. The third kappa shape index (κ3) is 4.59. The molecule has 2 atom stereocenters. The van der Waals surface area contributed by atoms with Crippen molar-refractivity contribution >= 4 is 15.9 Å². The highest BCUT2D eigenvalue weighted by atomic mass is 32.2. The van der Waals surface area contributed by atoms with Crippen molar-refractivity contribution in [1.29, 1.82) is 0 Å². The number of ether oxygens (including phenoxy) is 2. The quantitative estimate of drug-likeness (QED) is 0.766. The van der Waals surface area contributed by atoms with E-state index in [0.717, 1.165) is 6.26 Å². The summed E-state index contributed by atoms with van der Waals surface area (Å²) in [6, 6.07) is 7.20. The Balaban J connectivity index is 1.82. The molecule has 1 aromatic rings. The average Bonchev–Trinajstić information content (AvgIpc) is 2.49. The maximum Gasteiger partial charge on any atom is 0.265 e. The van der Waals surface area contributed by atoms with Crippen LogP contribution in [-0.4, -0.2) is 57.2 Å². The molecule has 128 valence electrons. The lowest BCUT2D eigenvalue weighted by Crippen LogP contribution is -2.49. The predicted octanol–water partition coefficient (Wildman–Crippen LogP) is 0.613. The number of fused-ring (bicyclic) bond motifs is 1. The molecule has 1 heterocycles. The van der Waals surface area contributed by atoms with Gasteiger partial charge in [0.2, 0.25) is 16.1 Å². The minimum absolute atomic E-state index is 0.269. The smallest absolute Gasteiger partial charge is 0.265 e. The summed E-state index contributed by atoms with van der Waals surface area (Å²) in [7, 11) is -1.68. The van der Waals surface area contributed by atoms with E-state index < -0.39 is 22.2 Å². The molecule has 0 unspecified atom stereocenters. The highest BCUT2D eigenvalue weighted by Gasteiger charge is 2.33. The molecule has 0 saturated carbocycles. The molecule has 0 bridgehead atoms. The van der Waals surface area contributed by atoms with Crippen LogP contribution in [0.1, 0.15) is 13.3 Å². The molecule has 23 heavy (non-hydrogen) atoms. The van der Waals surface area contributed by atoms with Crippen molar-refractivity contribution in [1.82, 2.24) is 9.62 Å². The summed E-state index contributed by atoms with van der Waals surface area (Å²) in [5, 5.41) is 2.75. The molecule has 0 aromatic heterocycles. The normalized spacial score (nSPS) is 20.3. The molecular formula is C15H22N2O5S. The molecule has 2 rings (SSSR count). The lowest BCUT2D eigenvalue weighted by atomic mass is 10.1. The molecule has 0 aliphatic carbocycles. The van der Waals surface area contributed by atoms with Crippen LogP contribution in [0.5, 0.6) is 11.5 Å². The Hall–Kier alpha value is -1.80. The molecule has 8 heteroatoms. The largest absolute Gasteiger partial charge is 0.482 e. The second-order valence-corrected chi connectivity index (χ2v) is 7.63. The van der Waals surface area contributed by atoms with Crippen LogP contribution in [0.2, 0.25) is 0 Å². The van der Waals surface area contributed by atoms with Gasteiger partial charge in [-0.05, 0) is 25.5 Å². The second-order valence-electron chi connectivity index (χ2n) is 5.54. The number of rotatable bonds is 6. The monoisotopic (exact) mass is 342 g/mol. The molecule has 0 radical (unpaired) electrons. The van der Waals surface area contributed by atoms with E-state index in [2.05, 4.69) is 5.32 Å². The van der Waals surface area contributed by atoms with Gasteiger partial charge >= 0.3 is 0 Å². The Bertz CT molecular complexity index is 662. The van der Waals surface area contributed by atoms with Gasteiger partial charge in [0.15, 0.2) is 11.5 Å². The molecular weight excluding hydrogens is 320 g/mol. The lowest BCUT2D eigenvalue weighted by molar-refractivity contribution is -0.133. The molecule has 1 N–H and O–H groups in total. The van der Waals surface area contributed by atoms with Crippen LogP contribution in [0, 0.1) is 0 Å². The number of carbonyl (C=O) groups excluding carboxylic acids is 1. The zero-order chi connectivity index (χ0) is 17.0. The van der Waals surface area contributed by atoms with E-state index in [-0.39, 0.29) is 5.91 Å².